The Morgan fingerprint density at radius 1 is 1.06 bits per heavy atom. The zero-order chi connectivity index (χ0) is 23.2. The molecule has 1 aliphatic heterocycles. The van der Waals surface area contributed by atoms with E-state index in [9.17, 15) is 4.79 Å². The lowest BCUT2D eigenvalue weighted by atomic mass is 10.2. The smallest absolute Gasteiger partial charge is 0.264 e. The SMILES string of the molecule is CCOc1cc(/C=C2\SC(=Nc3ccccc3Br)NC2=O)ccc1OCc1ccc(Cl)cc1. The van der Waals surface area contributed by atoms with Gasteiger partial charge in [0, 0.05) is 9.50 Å². The first-order chi connectivity index (χ1) is 16.0. The highest BCUT2D eigenvalue weighted by molar-refractivity contribution is 9.10. The summed E-state index contributed by atoms with van der Waals surface area (Å²) in [5.74, 6) is 1.06. The number of benzene rings is 3. The molecule has 168 valence electrons. The predicted octanol–water partition coefficient (Wildman–Crippen LogP) is 6.97. The number of amides is 1. The van der Waals surface area contributed by atoms with E-state index in [0.717, 1.165) is 21.3 Å². The lowest BCUT2D eigenvalue weighted by Crippen LogP contribution is -2.19. The van der Waals surface area contributed by atoms with Crippen molar-refractivity contribution in [1.29, 1.82) is 0 Å². The molecule has 3 aromatic rings. The topological polar surface area (TPSA) is 59.9 Å². The van der Waals surface area contributed by atoms with Gasteiger partial charge in [-0.2, -0.15) is 0 Å². The summed E-state index contributed by atoms with van der Waals surface area (Å²) in [6, 6.07) is 20.7. The van der Waals surface area contributed by atoms with Crippen molar-refractivity contribution >= 4 is 62.1 Å². The van der Waals surface area contributed by atoms with E-state index in [1.807, 2.05) is 79.7 Å². The molecule has 0 aromatic heterocycles. The van der Waals surface area contributed by atoms with Gasteiger partial charge < -0.3 is 14.8 Å². The molecule has 0 bridgehead atoms. The van der Waals surface area contributed by atoms with Crippen LogP contribution in [0.3, 0.4) is 0 Å². The number of ether oxygens (including phenoxy) is 2. The number of para-hydroxylation sites is 1. The molecule has 0 aliphatic carbocycles. The number of hydrogen-bond acceptors (Lipinski definition) is 5. The normalized spacial score (nSPS) is 15.7. The Kier molecular flexibility index (Phi) is 7.75. The molecule has 5 nitrogen and oxygen atoms in total. The molecule has 8 heteroatoms. The zero-order valence-electron chi connectivity index (χ0n) is 17.7. The molecule has 1 N–H and O–H groups in total. The molecule has 1 heterocycles. The lowest BCUT2D eigenvalue weighted by Gasteiger charge is -2.13. The third-order valence-corrected chi connectivity index (χ3v) is 6.43. The number of rotatable bonds is 7. The summed E-state index contributed by atoms with van der Waals surface area (Å²) in [6.45, 7) is 2.80. The van der Waals surface area contributed by atoms with Gasteiger partial charge in [-0.1, -0.05) is 41.9 Å². The third-order valence-electron chi connectivity index (χ3n) is 4.60. The van der Waals surface area contributed by atoms with Gasteiger partial charge in [-0.15, -0.1) is 0 Å². The van der Waals surface area contributed by atoms with Crippen LogP contribution in [-0.4, -0.2) is 17.7 Å². The highest BCUT2D eigenvalue weighted by Gasteiger charge is 2.24. The van der Waals surface area contributed by atoms with E-state index >= 15 is 0 Å². The number of halogens is 2. The Balaban J connectivity index is 1.51. The summed E-state index contributed by atoms with van der Waals surface area (Å²) in [6.07, 6.45) is 1.81. The number of thioether (sulfide) groups is 1. The molecule has 1 saturated heterocycles. The number of hydrogen-bond donors (Lipinski definition) is 1. The first kappa shape index (κ1) is 23.4. The summed E-state index contributed by atoms with van der Waals surface area (Å²) in [5.41, 5.74) is 2.59. The van der Waals surface area contributed by atoms with Crippen LogP contribution in [0, 0.1) is 0 Å². The highest BCUT2D eigenvalue weighted by Crippen LogP contribution is 2.34. The van der Waals surface area contributed by atoms with Crippen LogP contribution in [0.1, 0.15) is 18.1 Å². The van der Waals surface area contributed by atoms with Gasteiger partial charge in [0.25, 0.3) is 5.91 Å². The fourth-order valence-electron chi connectivity index (χ4n) is 3.03. The molecular weight excluding hydrogens is 524 g/mol. The van der Waals surface area contributed by atoms with Gasteiger partial charge >= 0.3 is 0 Å². The number of carbonyl (C=O) groups is 1. The van der Waals surface area contributed by atoms with Gasteiger partial charge in [-0.05, 0) is 88.2 Å². The fourth-order valence-corrected chi connectivity index (χ4v) is 4.36. The Hall–Kier alpha value is -2.74. The summed E-state index contributed by atoms with van der Waals surface area (Å²) in [4.78, 5) is 17.5. The van der Waals surface area contributed by atoms with E-state index in [4.69, 9.17) is 21.1 Å². The third kappa shape index (κ3) is 6.19. The first-order valence-corrected chi connectivity index (χ1v) is 12.2. The van der Waals surface area contributed by atoms with Crippen LogP contribution in [0.5, 0.6) is 11.5 Å². The van der Waals surface area contributed by atoms with Crippen molar-refractivity contribution in [3.8, 4) is 11.5 Å². The van der Waals surface area contributed by atoms with Gasteiger partial charge in [0.15, 0.2) is 16.7 Å². The minimum atomic E-state index is -0.188. The van der Waals surface area contributed by atoms with Gasteiger partial charge in [-0.3, -0.25) is 4.79 Å². The van der Waals surface area contributed by atoms with Crippen LogP contribution < -0.4 is 14.8 Å². The second-order valence-electron chi connectivity index (χ2n) is 6.99. The number of aliphatic imine (C=N–C) groups is 1. The largest absolute Gasteiger partial charge is 0.490 e. The molecule has 1 fully saturated rings. The monoisotopic (exact) mass is 542 g/mol. The maximum atomic E-state index is 12.5. The maximum Gasteiger partial charge on any atom is 0.264 e. The average molecular weight is 544 g/mol. The zero-order valence-corrected chi connectivity index (χ0v) is 20.8. The second-order valence-corrected chi connectivity index (χ2v) is 9.31. The molecule has 1 amide bonds. The van der Waals surface area contributed by atoms with E-state index < -0.39 is 0 Å². The van der Waals surface area contributed by atoms with E-state index in [2.05, 4.69) is 26.2 Å². The minimum Gasteiger partial charge on any atom is -0.490 e. The van der Waals surface area contributed by atoms with Crippen LogP contribution in [0.15, 0.2) is 81.1 Å². The van der Waals surface area contributed by atoms with Gasteiger partial charge in [0.05, 0.1) is 17.2 Å². The molecule has 0 atom stereocenters. The number of carbonyl (C=O) groups excluding carboxylic acids is 1. The van der Waals surface area contributed by atoms with Crippen molar-refractivity contribution in [2.45, 2.75) is 13.5 Å². The van der Waals surface area contributed by atoms with Crippen LogP contribution >= 0.6 is 39.3 Å². The summed E-state index contributed by atoms with van der Waals surface area (Å²) >= 11 is 10.7. The van der Waals surface area contributed by atoms with Gasteiger partial charge in [-0.25, -0.2) is 4.99 Å². The Morgan fingerprint density at radius 3 is 2.61 bits per heavy atom. The molecule has 0 radical (unpaired) electrons. The second kappa shape index (κ2) is 10.9. The molecule has 0 saturated carbocycles. The molecule has 0 unspecified atom stereocenters. The maximum absolute atomic E-state index is 12.5. The van der Waals surface area contributed by atoms with E-state index in [-0.39, 0.29) is 5.91 Å². The number of nitrogens with one attached hydrogen (secondary N) is 1. The number of nitrogens with zero attached hydrogens (tertiary/aromatic N) is 1. The predicted molar refractivity (Wildman–Crippen MR) is 138 cm³/mol. The van der Waals surface area contributed by atoms with Crippen LogP contribution in [-0.2, 0) is 11.4 Å². The lowest BCUT2D eigenvalue weighted by molar-refractivity contribution is -0.115. The molecule has 4 rings (SSSR count). The van der Waals surface area contributed by atoms with Gasteiger partial charge in [0.2, 0.25) is 0 Å². The van der Waals surface area contributed by atoms with Crippen molar-refractivity contribution in [3.63, 3.8) is 0 Å². The molecular formula is C25H20BrClN2O3S. The standard InChI is InChI=1S/C25H20BrClN2O3S/c1-2-31-22-13-17(9-12-21(22)32-15-16-7-10-18(27)11-8-16)14-23-24(30)29-25(33-23)28-20-6-4-3-5-19(20)26/h3-14H,2,15H2,1H3,(H,28,29,30)/b23-14-. The number of amidine groups is 1. The summed E-state index contributed by atoms with van der Waals surface area (Å²) in [7, 11) is 0. The van der Waals surface area contributed by atoms with Gasteiger partial charge in [0.1, 0.15) is 6.61 Å². The Morgan fingerprint density at radius 2 is 1.85 bits per heavy atom. The Labute approximate surface area is 210 Å². The van der Waals surface area contributed by atoms with Crippen molar-refractivity contribution < 1.29 is 14.3 Å². The van der Waals surface area contributed by atoms with E-state index in [1.165, 1.54) is 11.8 Å². The van der Waals surface area contributed by atoms with Crippen LogP contribution in [0.4, 0.5) is 5.69 Å². The van der Waals surface area contributed by atoms with E-state index in [0.29, 0.717) is 39.8 Å². The molecule has 33 heavy (non-hydrogen) atoms. The average Bonchev–Trinajstić information content (AvgIpc) is 3.14. The molecule has 3 aromatic carbocycles. The van der Waals surface area contributed by atoms with Crippen molar-refractivity contribution in [1.82, 2.24) is 5.32 Å². The van der Waals surface area contributed by atoms with Crippen LogP contribution in [0.25, 0.3) is 6.08 Å². The fraction of sp³-hybridized carbons (Fsp3) is 0.120. The van der Waals surface area contributed by atoms with Crippen molar-refractivity contribution in [2.24, 2.45) is 4.99 Å². The molecule has 1 aliphatic rings. The summed E-state index contributed by atoms with van der Waals surface area (Å²) in [5, 5.41) is 4.03. The minimum absolute atomic E-state index is 0.188. The highest BCUT2D eigenvalue weighted by atomic mass is 79.9. The van der Waals surface area contributed by atoms with E-state index in [1.54, 1.807) is 0 Å². The van der Waals surface area contributed by atoms with Crippen LogP contribution in [0.2, 0.25) is 5.02 Å². The van der Waals surface area contributed by atoms with Crippen molar-refractivity contribution in [3.05, 3.63) is 92.3 Å². The first-order valence-electron chi connectivity index (χ1n) is 10.2. The summed E-state index contributed by atoms with van der Waals surface area (Å²) < 4.78 is 12.6. The molecule has 0 spiro atoms. The van der Waals surface area contributed by atoms with Crippen molar-refractivity contribution in [2.75, 3.05) is 6.61 Å². The Bertz CT molecular complexity index is 1230. The quantitative estimate of drug-likeness (QED) is 0.327.